The van der Waals surface area contributed by atoms with Crippen LogP contribution in [0.25, 0.3) is 5.65 Å². The summed E-state index contributed by atoms with van der Waals surface area (Å²) in [5.41, 5.74) is 1.88. The number of ketones is 1. The van der Waals surface area contributed by atoms with Crippen molar-refractivity contribution in [2.75, 3.05) is 7.11 Å². The second-order valence-corrected chi connectivity index (χ2v) is 9.19. The van der Waals surface area contributed by atoms with Crippen LogP contribution in [0.3, 0.4) is 0 Å². The lowest BCUT2D eigenvalue weighted by atomic mass is 10.1. The van der Waals surface area contributed by atoms with Crippen LogP contribution in [-0.4, -0.2) is 35.7 Å². The van der Waals surface area contributed by atoms with E-state index in [0.717, 1.165) is 5.56 Å². The lowest BCUT2D eigenvalue weighted by Gasteiger charge is -2.10. The minimum absolute atomic E-state index is 0.0447. The summed E-state index contributed by atoms with van der Waals surface area (Å²) in [6.45, 7) is 0. The Labute approximate surface area is 184 Å². The number of aryl methyl sites for hydroxylation is 1. The van der Waals surface area contributed by atoms with E-state index < -0.39 is 9.84 Å². The Kier molecular flexibility index (Phi) is 5.75. The molecule has 0 bridgehead atoms. The molecule has 2 aromatic carbocycles. The van der Waals surface area contributed by atoms with Gasteiger partial charge in [-0.15, -0.1) is 0 Å². The van der Waals surface area contributed by atoms with Gasteiger partial charge >= 0.3 is 0 Å². The summed E-state index contributed by atoms with van der Waals surface area (Å²) >= 11 is 5.93. The lowest BCUT2D eigenvalue weighted by Crippen LogP contribution is -2.06. The molecule has 31 heavy (non-hydrogen) atoms. The highest BCUT2D eigenvalue weighted by molar-refractivity contribution is 7.91. The number of nitrogens with zero attached hydrogens (tertiary/aromatic N) is 3. The molecule has 7 nitrogen and oxygen atoms in total. The number of rotatable bonds is 7. The van der Waals surface area contributed by atoms with Crippen LogP contribution < -0.4 is 4.74 Å². The van der Waals surface area contributed by atoms with E-state index in [1.54, 1.807) is 41.3 Å². The highest BCUT2D eigenvalue weighted by atomic mass is 35.5. The number of benzene rings is 2. The van der Waals surface area contributed by atoms with Crippen LogP contribution in [0, 0.1) is 0 Å². The van der Waals surface area contributed by atoms with Crippen molar-refractivity contribution in [3.8, 4) is 5.75 Å². The zero-order valence-corrected chi connectivity index (χ0v) is 18.1. The van der Waals surface area contributed by atoms with Crippen LogP contribution in [0.15, 0.2) is 77.0 Å². The first-order valence-electron chi connectivity index (χ1n) is 9.38. The molecule has 0 N–H and O–H groups in total. The van der Waals surface area contributed by atoms with E-state index >= 15 is 0 Å². The van der Waals surface area contributed by atoms with Crippen molar-refractivity contribution in [2.24, 2.45) is 0 Å². The molecule has 9 heteroatoms. The Morgan fingerprint density at radius 3 is 2.65 bits per heavy atom. The van der Waals surface area contributed by atoms with Crippen molar-refractivity contribution in [3.05, 3.63) is 83.5 Å². The molecule has 2 aromatic heterocycles. The fraction of sp³-hybridized carbons (Fsp3) is 0.136. The van der Waals surface area contributed by atoms with Gasteiger partial charge in [-0.05, 0) is 36.2 Å². The molecule has 0 saturated heterocycles. The predicted molar refractivity (Wildman–Crippen MR) is 116 cm³/mol. The summed E-state index contributed by atoms with van der Waals surface area (Å²) < 4.78 is 32.9. The molecule has 0 aliphatic carbocycles. The maximum Gasteiger partial charge on any atom is 0.210 e. The summed E-state index contributed by atoms with van der Waals surface area (Å²) in [5, 5.41) is 0.387. The van der Waals surface area contributed by atoms with E-state index in [9.17, 15) is 13.2 Å². The summed E-state index contributed by atoms with van der Waals surface area (Å²) in [7, 11) is -2.38. The van der Waals surface area contributed by atoms with Gasteiger partial charge in [0.25, 0.3) is 0 Å². The van der Waals surface area contributed by atoms with Gasteiger partial charge in [-0.1, -0.05) is 23.7 Å². The molecule has 0 fully saturated rings. The number of imidazole rings is 1. The molecule has 0 aliphatic rings. The van der Waals surface area contributed by atoms with Crippen molar-refractivity contribution in [3.63, 3.8) is 0 Å². The van der Waals surface area contributed by atoms with Crippen LogP contribution in [0.4, 0.5) is 0 Å². The molecule has 0 aliphatic heterocycles. The van der Waals surface area contributed by atoms with Crippen molar-refractivity contribution in [1.82, 2.24) is 14.4 Å². The molecule has 0 atom stereocenters. The lowest BCUT2D eigenvalue weighted by molar-refractivity contribution is 0.0977. The number of hydrogen-bond acceptors (Lipinski definition) is 6. The molecule has 0 amide bonds. The first-order valence-corrected chi connectivity index (χ1v) is 11.2. The van der Waals surface area contributed by atoms with Gasteiger partial charge in [-0.25, -0.2) is 18.4 Å². The Morgan fingerprint density at radius 2 is 1.90 bits per heavy atom. The maximum atomic E-state index is 13.0. The van der Waals surface area contributed by atoms with E-state index in [2.05, 4.69) is 9.97 Å². The Bertz CT molecular complexity index is 1370. The van der Waals surface area contributed by atoms with Crippen molar-refractivity contribution >= 4 is 32.9 Å². The summed E-state index contributed by atoms with van der Waals surface area (Å²) in [6.07, 6.45) is 7.32. The van der Waals surface area contributed by atoms with E-state index in [1.807, 2.05) is 0 Å². The van der Waals surface area contributed by atoms with Gasteiger partial charge in [-0.3, -0.25) is 4.79 Å². The molecular weight excluding hydrogens is 438 g/mol. The molecule has 0 saturated carbocycles. The number of ether oxygens (including phenoxy) is 1. The maximum absolute atomic E-state index is 13.0. The first-order chi connectivity index (χ1) is 14.9. The second-order valence-electron chi connectivity index (χ2n) is 6.83. The number of carbonyl (C=O) groups excluding carboxylic acids is 1. The second kappa shape index (κ2) is 8.49. The molecule has 2 heterocycles. The number of methoxy groups -OCH3 is 1. The number of Topliss-reactive ketones (excluding diaryl/α,β-unsaturated/α-hetero) is 1. The van der Waals surface area contributed by atoms with E-state index in [0.29, 0.717) is 22.8 Å². The topological polar surface area (TPSA) is 90.6 Å². The van der Waals surface area contributed by atoms with Gasteiger partial charge in [-0.2, -0.15) is 0 Å². The number of aromatic nitrogens is 3. The normalized spacial score (nSPS) is 11.5. The largest absolute Gasteiger partial charge is 0.495 e. The monoisotopic (exact) mass is 455 g/mol. The third-order valence-corrected chi connectivity index (χ3v) is 6.90. The van der Waals surface area contributed by atoms with Crippen LogP contribution in [-0.2, 0) is 16.3 Å². The van der Waals surface area contributed by atoms with Gasteiger partial charge < -0.3 is 9.14 Å². The minimum Gasteiger partial charge on any atom is -0.495 e. The van der Waals surface area contributed by atoms with Gasteiger partial charge in [0.05, 0.1) is 18.2 Å². The summed E-state index contributed by atoms with van der Waals surface area (Å²) in [6, 6.07) is 10.9. The van der Waals surface area contributed by atoms with Crippen molar-refractivity contribution < 1.29 is 17.9 Å². The van der Waals surface area contributed by atoms with Gasteiger partial charge in [0.15, 0.2) is 11.4 Å². The summed E-state index contributed by atoms with van der Waals surface area (Å²) in [5.74, 6) is 0.0859. The zero-order valence-electron chi connectivity index (χ0n) is 16.5. The highest BCUT2D eigenvalue weighted by Gasteiger charge is 2.22. The van der Waals surface area contributed by atoms with Crippen LogP contribution in [0.2, 0.25) is 5.02 Å². The number of sulfone groups is 1. The number of halogens is 1. The van der Waals surface area contributed by atoms with Crippen molar-refractivity contribution in [2.45, 2.75) is 22.6 Å². The minimum atomic E-state index is -3.77. The molecule has 0 spiro atoms. The third-order valence-electron chi connectivity index (χ3n) is 4.85. The molecule has 4 rings (SSSR count). The average molecular weight is 456 g/mol. The van der Waals surface area contributed by atoms with Crippen LogP contribution in [0.5, 0.6) is 5.75 Å². The highest BCUT2D eigenvalue weighted by Crippen LogP contribution is 2.31. The Balaban J connectivity index is 1.48. The SMILES string of the molecule is COc1cc(Cl)ccc1S(=O)(=O)c1ccc(CCC(=O)c2cn3ccnc3cn2)cc1. The van der Waals surface area contributed by atoms with Crippen LogP contribution >= 0.6 is 11.6 Å². The van der Waals surface area contributed by atoms with E-state index in [-0.39, 0.29) is 27.7 Å². The Morgan fingerprint density at radius 1 is 1.13 bits per heavy atom. The predicted octanol–water partition coefficient (Wildman–Crippen LogP) is 4.04. The zero-order chi connectivity index (χ0) is 22.0. The number of hydrogen-bond donors (Lipinski definition) is 0. The fourth-order valence-corrected chi connectivity index (χ4v) is 4.75. The summed E-state index contributed by atoms with van der Waals surface area (Å²) in [4.78, 5) is 20.9. The van der Waals surface area contributed by atoms with E-state index in [1.165, 1.54) is 37.4 Å². The fourth-order valence-electron chi connectivity index (χ4n) is 3.18. The van der Waals surface area contributed by atoms with Gasteiger partial charge in [0.1, 0.15) is 16.3 Å². The molecule has 0 unspecified atom stereocenters. The molecular formula is C22H18ClN3O4S. The average Bonchev–Trinajstić information content (AvgIpc) is 3.25. The Hall–Kier alpha value is -3.23. The van der Waals surface area contributed by atoms with Gasteiger partial charge in [0, 0.05) is 36.1 Å². The van der Waals surface area contributed by atoms with Crippen molar-refractivity contribution in [1.29, 1.82) is 0 Å². The van der Waals surface area contributed by atoms with Crippen LogP contribution in [0.1, 0.15) is 22.5 Å². The smallest absolute Gasteiger partial charge is 0.210 e. The number of carbonyl (C=O) groups is 1. The van der Waals surface area contributed by atoms with E-state index in [4.69, 9.17) is 16.3 Å². The molecule has 4 aromatic rings. The molecule has 0 radical (unpaired) electrons. The quantitative estimate of drug-likeness (QED) is 0.390. The molecule has 158 valence electrons. The van der Waals surface area contributed by atoms with Gasteiger partial charge in [0.2, 0.25) is 9.84 Å². The third kappa shape index (κ3) is 4.30. The number of fused-ring (bicyclic) bond motifs is 1. The standard InChI is InChI=1S/C22H18ClN3O4S/c1-30-20-12-16(23)5-9-21(20)31(28,29)17-6-2-15(3-7-17)4-8-19(27)18-14-26-11-10-24-22(26)13-25-18/h2-3,5-7,9-14H,4,8H2,1H3. The first kappa shape index (κ1) is 21.0.